The van der Waals surface area contributed by atoms with Crippen LogP contribution in [-0.2, 0) is 9.53 Å². The van der Waals surface area contributed by atoms with Crippen LogP contribution in [0, 0.1) is 5.41 Å². The Morgan fingerprint density at radius 2 is 2.50 bits per heavy atom. The van der Waals surface area contributed by atoms with Gasteiger partial charge in [-0.2, -0.15) is 0 Å². The Hall–Kier alpha value is -1.09. The van der Waals surface area contributed by atoms with Gasteiger partial charge in [-0.25, -0.2) is 4.79 Å². The molecule has 3 heteroatoms. The monoisotopic (exact) mass is 168 g/mol. The second-order valence-electron chi connectivity index (χ2n) is 3.12. The molecule has 66 valence electrons. The average Bonchev–Trinajstić information content (AvgIpc) is 2.33. The molecule has 0 bridgehead atoms. The summed E-state index contributed by atoms with van der Waals surface area (Å²) in [4.78, 5) is 10.4. The Labute approximate surface area is 71.3 Å². The van der Waals surface area contributed by atoms with Gasteiger partial charge in [0.25, 0.3) is 0 Å². The molecular weight excluding hydrogens is 156 g/mol. The van der Waals surface area contributed by atoms with Crippen molar-refractivity contribution in [1.82, 2.24) is 0 Å². The highest BCUT2D eigenvalue weighted by molar-refractivity contribution is 5.81. The molecule has 1 atom stereocenters. The van der Waals surface area contributed by atoms with Gasteiger partial charge in [0.1, 0.15) is 0 Å². The molecule has 1 N–H and O–H groups in total. The minimum atomic E-state index is -0.927. The molecule has 1 rings (SSSR count). The molecule has 3 nitrogen and oxygen atoms in total. The van der Waals surface area contributed by atoms with Crippen molar-refractivity contribution in [2.24, 2.45) is 5.41 Å². The van der Waals surface area contributed by atoms with E-state index in [1.807, 2.05) is 6.92 Å². The SMILES string of the molecule is C=C[C@]1(C)COC/C1=C\C(=O)O. The maximum absolute atomic E-state index is 10.4. The van der Waals surface area contributed by atoms with Gasteiger partial charge in [-0.3, -0.25) is 0 Å². The third-order valence-electron chi connectivity index (χ3n) is 2.14. The quantitative estimate of drug-likeness (QED) is 0.498. The molecule has 0 aromatic heterocycles. The highest BCUT2D eigenvalue weighted by Crippen LogP contribution is 2.34. The minimum Gasteiger partial charge on any atom is -0.478 e. The van der Waals surface area contributed by atoms with E-state index in [1.54, 1.807) is 6.08 Å². The molecule has 0 spiro atoms. The van der Waals surface area contributed by atoms with Gasteiger partial charge < -0.3 is 9.84 Å². The maximum atomic E-state index is 10.4. The normalized spacial score (nSPS) is 32.2. The van der Waals surface area contributed by atoms with Crippen LogP contribution in [0.1, 0.15) is 6.92 Å². The molecule has 12 heavy (non-hydrogen) atoms. The Bertz CT molecular complexity index is 242. The lowest BCUT2D eigenvalue weighted by molar-refractivity contribution is -0.131. The van der Waals surface area contributed by atoms with Crippen LogP contribution in [0.5, 0.6) is 0 Å². The summed E-state index contributed by atoms with van der Waals surface area (Å²) in [6, 6.07) is 0. The van der Waals surface area contributed by atoms with Crippen molar-refractivity contribution >= 4 is 5.97 Å². The van der Waals surface area contributed by atoms with Gasteiger partial charge >= 0.3 is 5.97 Å². The molecule has 1 saturated heterocycles. The largest absolute Gasteiger partial charge is 0.478 e. The van der Waals surface area contributed by atoms with Crippen LogP contribution in [0.2, 0.25) is 0 Å². The van der Waals surface area contributed by atoms with Crippen LogP contribution >= 0.6 is 0 Å². The Balaban J connectivity index is 2.90. The fourth-order valence-electron chi connectivity index (χ4n) is 1.18. The third-order valence-corrected chi connectivity index (χ3v) is 2.14. The Morgan fingerprint density at radius 3 is 3.00 bits per heavy atom. The van der Waals surface area contributed by atoms with Crippen molar-refractivity contribution in [3.05, 3.63) is 24.3 Å². The lowest BCUT2D eigenvalue weighted by Crippen LogP contribution is -2.15. The van der Waals surface area contributed by atoms with Gasteiger partial charge in [-0.05, 0) is 5.57 Å². The number of hydrogen-bond acceptors (Lipinski definition) is 2. The van der Waals surface area contributed by atoms with Gasteiger partial charge in [-0.1, -0.05) is 13.0 Å². The summed E-state index contributed by atoms with van der Waals surface area (Å²) in [6.07, 6.45) is 2.93. The molecule has 0 saturated carbocycles. The zero-order chi connectivity index (χ0) is 9.19. The summed E-state index contributed by atoms with van der Waals surface area (Å²) < 4.78 is 5.16. The molecule has 0 unspecified atom stereocenters. The van der Waals surface area contributed by atoms with Gasteiger partial charge in [0, 0.05) is 11.5 Å². The predicted molar refractivity (Wildman–Crippen MR) is 44.8 cm³/mol. The Morgan fingerprint density at radius 1 is 1.83 bits per heavy atom. The van der Waals surface area contributed by atoms with E-state index in [2.05, 4.69) is 6.58 Å². The standard InChI is InChI=1S/C9H12O3/c1-3-9(2)6-12-5-7(9)4-8(10)11/h3-4H,1,5-6H2,2H3,(H,10,11)/b7-4+/t9-/m1/s1. The van der Waals surface area contributed by atoms with E-state index in [9.17, 15) is 4.79 Å². The minimum absolute atomic E-state index is 0.293. The number of carboxylic acid groups (broad SMARTS) is 1. The van der Waals surface area contributed by atoms with Crippen LogP contribution in [0.3, 0.4) is 0 Å². The molecular formula is C9H12O3. The summed E-state index contributed by atoms with van der Waals surface area (Å²) in [5.74, 6) is -0.927. The van der Waals surface area contributed by atoms with Crippen molar-refractivity contribution in [3.8, 4) is 0 Å². The second kappa shape index (κ2) is 3.11. The summed E-state index contributed by atoms with van der Waals surface area (Å²) >= 11 is 0. The molecule has 0 aromatic carbocycles. The van der Waals surface area contributed by atoms with Crippen LogP contribution < -0.4 is 0 Å². The molecule has 1 aliphatic heterocycles. The van der Waals surface area contributed by atoms with E-state index in [4.69, 9.17) is 9.84 Å². The van der Waals surface area contributed by atoms with Gasteiger partial charge in [0.15, 0.2) is 0 Å². The topological polar surface area (TPSA) is 46.5 Å². The highest BCUT2D eigenvalue weighted by atomic mass is 16.5. The fourth-order valence-corrected chi connectivity index (χ4v) is 1.18. The van der Waals surface area contributed by atoms with Crippen molar-refractivity contribution in [1.29, 1.82) is 0 Å². The first-order chi connectivity index (χ1) is 5.58. The smallest absolute Gasteiger partial charge is 0.328 e. The number of hydrogen-bond donors (Lipinski definition) is 1. The maximum Gasteiger partial charge on any atom is 0.328 e. The highest BCUT2D eigenvalue weighted by Gasteiger charge is 2.32. The van der Waals surface area contributed by atoms with Crippen LogP contribution in [0.25, 0.3) is 0 Å². The third kappa shape index (κ3) is 1.56. The number of rotatable bonds is 2. The van der Waals surface area contributed by atoms with Crippen molar-refractivity contribution < 1.29 is 14.6 Å². The summed E-state index contributed by atoms with van der Waals surface area (Å²) in [5, 5.41) is 8.54. The number of carboxylic acids is 1. The van der Waals surface area contributed by atoms with Gasteiger partial charge in [-0.15, -0.1) is 6.58 Å². The van der Waals surface area contributed by atoms with E-state index in [0.717, 1.165) is 5.57 Å². The number of ether oxygens (including phenoxy) is 1. The number of aliphatic carboxylic acids is 1. The fraction of sp³-hybridized carbons (Fsp3) is 0.444. The van der Waals surface area contributed by atoms with Crippen molar-refractivity contribution in [3.63, 3.8) is 0 Å². The summed E-state index contributed by atoms with van der Waals surface area (Å²) in [7, 11) is 0. The van der Waals surface area contributed by atoms with Gasteiger partial charge in [0.2, 0.25) is 0 Å². The lowest BCUT2D eigenvalue weighted by atomic mass is 9.85. The zero-order valence-corrected chi connectivity index (χ0v) is 7.04. The average molecular weight is 168 g/mol. The molecule has 0 amide bonds. The number of carbonyl (C=O) groups is 1. The molecule has 0 aliphatic carbocycles. The summed E-state index contributed by atoms with van der Waals surface area (Å²) in [6.45, 7) is 6.50. The molecule has 1 fully saturated rings. The van der Waals surface area contributed by atoms with Crippen molar-refractivity contribution in [2.75, 3.05) is 13.2 Å². The Kier molecular flexibility index (Phi) is 2.33. The molecule has 1 aliphatic rings. The lowest BCUT2D eigenvalue weighted by Gasteiger charge is -2.17. The zero-order valence-electron chi connectivity index (χ0n) is 7.04. The molecule has 0 radical (unpaired) electrons. The summed E-state index contributed by atoms with van der Waals surface area (Å²) in [5.41, 5.74) is 0.489. The first-order valence-corrected chi connectivity index (χ1v) is 3.74. The van der Waals surface area contributed by atoms with Crippen LogP contribution in [0.4, 0.5) is 0 Å². The van der Waals surface area contributed by atoms with E-state index in [-0.39, 0.29) is 5.41 Å². The van der Waals surface area contributed by atoms with E-state index in [0.29, 0.717) is 13.2 Å². The van der Waals surface area contributed by atoms with E-state index in [1.165, 1.54) is 6.08 Å². The first kappa shape index (κ1) is 9.00. The first-order valence-electron chi connectivity index (χ1n) is 3.74. The van der Waals surface area contributed by atoms with Crippen molar-refractivity contribution in [2.45, 2.75) is 6.92 Å². The predicted octanol–water partition coefficient (Wildman–Crippen LogP) is 1.22. The van der Waals surface area contributed by atoms with Crippen LogP contribution in [0.15, 0.2) is 24.3 Å². The van der Waals surface area contributed by atoms with Gasteiger partial charge in [0.05, 0.1) is 13.2 Å². The van der Waals surface area contributed by atoms with E-state index >= 15 is 0 Å². The molecule has 0 aromatic rings. The second-order valence-corrected chi connectivity index (χ2v) is 3.12. The van der Waals surface area contributed by atoms with Crippen LogP contribution in [-0.4, -0.2) is 24.3 Å². The van der Waals surface area contributed by atoms with E-state index < -0.39 is 5.97 Å². The molecule has 1 heterocycles.